The second-order valence-electron chi connectivity index (χ2n) is 7.91. The van der Waals surface area contributed by atoms with Crippen LogP contribution in [0.15, 0.2) is 48.5 Å². The summed E-state index contributed by atoms with van der Waals surface area (Å²) in [6.45, 7) is 1.86. The van der Waals surface area contributed by atoms with Gasteiger partial charge >= 0.3 is 12.1 Å². The maximum absolute atomic E-state index is 12.5. The molecule has 4 rings (SSSR count). The molecule has 7 heteroatoms. The SMILES string of the molecule is CCC(=O)ONC(=O)C1CCCC1NC(=O)OCC1c2ccccc2-c2ccccc21. The number of nitrogens with one attached hydrogen (secondary N) is 2. The molecule has 0 heterocycles. The van der Waals surface area contributed by atoms with E-state index in [1.807, 2.05) is 24.3 Å². The Morgan fingerprint density at radius 2 is 1.61 bits per heavy atom. The number of hydrogen-bond acceptors (Lipinski definition) is 5. The molecule has 2 unspecified atom stereocenters. The van der Waals surface area contributed by atoms with E-state index < -0.39 is 23.9 Å². The maximum Gasteiger partial charge on any atom is 0.407 e. The number of carbonyl (C=O) groups excluding carboxylic acids is 3. The third kappa shape index (κ3) is 4.40. The van der Waals surface area contributed by atoms with Crippen molar-refractivity contribution >= 4 is 18.0 Å². The van der Waals surface area contributed by atoms with Crippen LogP contribution in [0.25, 0.3) is 11.1 Å². The predicted octanol–water partition coefficient (Wildman–Crippen LogP) is 3.68. The average Bonchev–Trinajstić information content (AvgIpc) is 3.38. The molecule has 1 saturated carbocycles. The lowest BCUT2D eigenvalue weighted by Crippen LogP contribution is -2.44. The van der Waals surface area contributed by atoms with Crippen LogP contribution in [0.4, 0.5) is 4.79 Å². The van der Waals surface area contributed by atoms with Gasteiger partial charge in [-0.25, -0.2) is 9.59 Å². The molecule has 0 aromatic heterocycles. The zero-order valence-corrected chi connectivity index (χ0v) is 17.4. The molecule has 0 spiro atoms. The number of rotatable bonds is 5. The van der Waals surface area contributed by atoms with Crippen LogP contribution in [0.3, 0.4) is 0 Å². The standard InChI is InChI=1S/C24H26N2O5/c1-2-22(27)31-26-23(28)19-12-7-13-21(19)25-24(29)30-14-20-17-10-5-3-8-15(17)16-9-4-6-11-18(16)20/h3-6,8-11,19-21H,2,7,12-14H2,1H3,(H,25,29)(H,26,28). The Morgan fingerprint density at radius 3 is 2.26 bits per heavy atom. The van der Waals surface area contributed by atoms with Crippen LogP contribution in [0.2, 0.25) is 0 Å². The lowest BCUT2D eigenvalue weighted by atomic mass is 9.98. The molecule has 2 aromatic carbocycles. The highest BCUT2D eigenvalue weighted by molar-refractivity contribution is 5.82. The largest absolute Gasteiger partial charge is 0.449 e. The van der Waals surface area contributed by atoms with Gasteiger partial charge in [0.15, 0.2) is 0 Å². The van der Waals surface area contributed by atoms with Crippen LogP contribution in [0.1, 0.15) is 49.7 Å². The molecule has 162 valence electrons. The Hall–Kier alpha value is -3.35. The second-order valence-corrected chi connectivity index (χ2v) is 7.91. The molecule has 2 aliphatic rings. The topological polar surface area (TPSA) is 93.7 Å². The molecule has 31 heavy (non-hydrogen) atoms. The molecular weight excluding hydrogens is 396 g/mol. The first kappa shape index (κ1) is 20.9. The number of carbonyl (C=O) groups is 3. The first-order chi connectivity index (χ1) is 15.1. The van der Waals surface area contributed by atoms with Crippen LogP contribution in [0, 0.1) is 5.92 Å². The summed E-state index contributed by atoms with van der Waals surface area (Å²) in [4.78, 5) is 40.8. The van der Waals surface area contributed by atoms with E-state index in [-0.39, 0.29) is 25.0 Å². The molecule has 1 fully saturated rings. The first-order valence-corrected chi connectivity index (χ1v) is 10.7. The average molecular weight is 422 g/mol. The number of benzene rings is 2. The molecule has 0 radical (unpaired) electrons. The minimum absolute atomic E-state index is 0.0192. The van der Waals surface area contributed by atoms with E-state index in [0.717, 1.165) is 17.5 Å². The van der Waals surface area contributed by atoms with Gasteiger partial charge in [-0.3, -0.25) is 4.79 Å². The Balaban J connectivity index is 1.35. The lowest BCUT2D eigenvalue weighted by molar-refractivity contribution is -0.159. The van der Waals surface area contributed by atoms with E-state index in [1.54, 1.807) is 6.92 Å². The summed E-state index contributed by atoms with van der Waals surface area (Å²) in [6.07, 6.45) is 1.71. The third-order valence-electron chi connectivity index (χ3n) is 6.05. The number of alkyl carbamates (subject to hydrolysis) is 1. The Bertz CT molecular complexity index is 944. The fraction of sp³-hybridized carbons (Fsp3) is 0.375. The lowest BCUT2D eigenvalue weighted by Gasteiger charge is -2.21. The number of amides is 2. The fourth-order valence-corrected chi connectivity index (χ4v) is 4.49. The number of fused-ring (bicyclic) bond motifs is 3. The van der Waals surface area contributed by atoms with E-state index in [1.165, 1.54) is 11.1 Å². The molecule has 0 aliphatic heterocycles. The van der Waals surface area contributed by atoms with Crippen molar-refractivity contribution < 1.29 is 24.0 Å². The van der Waals surface area contributed by atoms with E-state index in [9.17, 15) is 14.4 Å². The van der Waals surface area contributed by atoms with E-state index in [0.29, 0.717) is 12.8 Å². The van der Waals surface area contributed by atoms with Gasteiger partial charge in [0.25, 0.3) is 5.91 Å². The van der Waals surface area contributed by atoms with Gasteiger partial charge < -0.3 is 14.9 Å². The van der Waals surface area contributed by atoms with Gasteiger partial charge in [0.05, 0.1) is 5.92 Å². The van der Waals surface area contributed by atoms with E-state index in [2.05, 4.69) is 35.1 Å². The summed E-state index contributed by atoms with van der Waals surface area (Å²) < 4.78 is 5.58. The van der Waals surface area contributed by atoms with Crippen molar-refractivity contribution in [2.75, 3.05) is 6.61 Å². The fourth-order valence-electron chi connectivity index (χ4n) is 4.49. The molecule has 2 amide bonds. The summed E-state index contributed by atoms with van der Waals surface area (Å²) >= 11 is 0. The molecule has 0 saturated heterocycles. The molecular formula is C24H26N2O5. The van der Waals surface area contributed by atoms with Crippen molar-refractivity contribution in [2.45, 2.75) is 44.6 Å². The second kappa shape index (κ2) is 9.20. The van der Waals surface area contributed by atoms with Gasteiger partial charge in [-0.15, -0.1) is 0 Å². The van der Waals surface area contributed by atoms with Crippen LogP contribution < -0.4 is 10.8 Å². The molecule has 0 bridgehead atoms. The van der Waals surface area contributed by atoms with Gasteiger partial charge in [-0.2, -0.15) is 5.48 Å². The minimum atomic E-state index is -0.544. The molecule has 2 atom stereocenters. The van der Waals surface area contributed by atoms with Gasteiger partial charge in [0.2, 0.25) is 0 Å². The Labute approximate surface area is 181 Å². The molecule has 2 aromatic rings. The summed E-state index contributed by atoms with van der Waals surface area (Å²) in [5.74, 6) is -1.38. The Kier molecular flexibility index (Phi) is 6.21. The van der Waals surface area contributed by atoms with Gasteiger partial charge in [-0.05, 0) is 35.1 Å². The summed E-state index contributed by atoms with van der Waals surface area (Å²) in [5, 5.41) is 2.82. The quantitative estimate of drug-likeness (QED) is 0.717. The van der Waals surface area contributed by atoms with Crippen LogP contribution in [-0.2, 0) is 19.2 Å². The van der Waals surface area contributed by atoms with Crippen LogP contribution in [0.5, 0.6) is 0 Å². The van der Waals surface area contributed by atoms with Crippen molar-refractivity contribution in [3.05, 3.63) is 59.7 Å². The van der Waals surface area contributed by atoms with Crippen molar-refractivity contribution in [1.29, 1.82) is 0 Å². The first-order valence-electron chi connectivity index (χ1n) is 10.7. The molecule has 2 N–H and O–H groups in total. The van der Waals surface area contributed by atoms with Gasteiger partial charge in [0, 0.05) is 18.4 Å². The van der Waals surface area contributed by atoms with Crippen molar-refractivity contribution in [3.8, 4) is 11.1 Å². The maximum atomic E-state index is 12.5. The van der Waals surface area contributed by atoms with Gasteiger partial charge in [-0.1, -0.05) is 61.9 Å². The highest BCUT2D eigenvalue weighted by atomic mass is 16.7. The molecule has 7 nitrogen and oxygen atoms in total. The van der Waals surface area contributed by atoms with Crippen molar-refractivity contribution in [2.24, 2.45) is 5.92 Å². The van der Waals surface area contributed by atoms with Crippen molar-refractivity contribution in [1.82, 2.24) is 10.8 Å². The molecule has 2 aliphatic carbocycles. The highest BCUT2D eigenvalue weighted by Crippen LogP contribution is 2.44. The number of hydroxylamine groups is 1. The third-order valence-corrected chi connectivity index (χ3v) is 6.05. The normalized spacial score (nSPS) is 19.3. The number of ether oxygens (including phenoxy) is 1. The van der Waals surface area contributed by atoms with E-state index in [4.69, 9.17) is 9.57 Å². The minimum Gasteiger partial charge on any atom is -0.449 e. The predicted molar refractivity (Wildman–Crippen MR) is 114 cm³/mol. The number of hydrogen-bond donors (Lipinski definition) is 2. The smallest absolute Gasteiger partial charge is 0.407 e. The van der Waals surface area contributed by atoms with Crippen LogP contribution >= 0.6 is 0 Å². The summed E-state index contributed by atoms with van der Waals surface area (Å²) in [5.41, 5.74) is 6.82. The highest BCUT2D eigenvalue weighted by Gasteiger charge is 2.35. The van der Waals surface area contributed by atoms with Crippen LogP contribution in [-0.4, -0.2) is 30.6 Å². The monoisotopic (exact) mass is 422 g/mol. The van der Waals surface area contributed by atoms with Gasteiger partial charge in [0.1, 0.15) is 6.61 Å². The Morgan fingerprint density at radius 1 is 0.968 bits per heavy atom. The summed E-state index contributed by atoms with van der Waals surface area (Å²) in [7, 11) is 0. The zero-order valence-electron chi connectivity index (χ0n) is 17.4. The zero-order chi connectivity index (χ0) is 21.8. The van der Waals surface area contributed by atoms with Crippen molar-refractivity contribution in [3.63, 3.8) is 0 Å². The van der Waals surface area contributed by atoms with E-state index >= 15 is 0 Å². The summed E-state index contributed by atoms with van der Waals surface area (Å²) in [6, 6.07) is 15.9.